The SMILES string of the molecule is CC(C)c1nn(-c2ccc(F)cc2F)c2c1CCCCN2. The molecule has 1 aliphatic rings. The summed E-state index contributed by atoms with van der Waals surface area (Å²) in [6.07, 6.45) is 3.12. The molecule has 0 bridgehead atoms. The third-order valence-electron chi connectivity index (χ3n) is 3.85. The highest BCUT2D eigenvalue weighted by atomic mass is 19.1. The molecule has 0 amide bonds. The monoisotopic (exact) mass is 291 g/mol. The lowest BCUT2D eigenvalue weighted by Crippen LogP contribution is -2.08. The van der Waals surface area contributed by atoms with Gasteiger partial charge in [0.05, 0.1) is 5.69 Å². The van der Waals surface area contributed by atoms with Crippen LogP contribution in [0.1, 0.15) is 43.9 Å². The molecule has 1 aromatic heterocycles. The second-order valence-electron chi connectivity index (χ2n) is 5.76. The molecule has 112 valence electrons. The van der Waals surface area contributed by atoms with Crippen molar-refractivity contribution in [1.82, 2.24) is 9.78 Å². The van der Waals surface area contributed by atoms with E-state index in [1.54, 1.807) is 4.68 Å². The first-order chi connectivity index (χ1) is 10.1. The molecular weight excluding hydrogens is 272 g/mol. The molecule has 0 radical (unpaired) electrons. The lowest BCUT2D eigenvalue weighted by Gasteiger charge is -2.10. The molecule has 0 fully saturated rings. The summed E-state index contributed by atoms with van der Waals surface area (Å²) in [5.74, 6) is -0.0571. The van der Waals surface area contributed by atoms with Crippen LogP contribution >= 0.6 is 0 Å². The lowest BCUT2D eigenvalue weighted by atomic mass is 10.0. The van der Waals surface area contributed by atoms with E-state index in [4.69, 9.17) is 0 Å². The van der Waals surface area contributed by atoms with Crippen molar-refractivity contribution in [2.45, 2.75) is 39.0 Å². The summed E-state index contributed by atoms with van der Waals surface area (Å²) >= 11 is 0. The average molecular weight is 291 g/mol. The fourth-order valence-electron chi connectivity index (χ4n) is 2.82. The standard InChI is InChI=1S/C16H19F2N3/c1-10(2)15-12-5-3-4-8-19-16(12)21(20-15)14-7-6-11(17)9-13(14)18/h6-7,9-10,19H,3-5,8H2,1-2H3. The van der Waals surface area contributed by atoms with E-state index in [1.165, 1.54) is 12.1 Å². The fraction of sp³-hybridized carbons (Fsp3) is 0.438. The van der Waals surface area contributed by atoms with Crippen LogP contribution in [0.5, 0.6) is 0 Å². The molecule has 3 nitrogen and oxygen atoms in total. The highest BCUT2D eigenvalue weighted by Crippen LogP contribution is 2.32. The Hall–Kier alpha value is -1.91. The first-order valence-corrected chi connectivity index (χ1v) is 7.39. The van der Waals surface area contributed by atoms with Crippen molar-refractivity contribution in [3.63, 3.8) is 0 Å². The lowest BCUT2D eigenvalue weighted by molar-refractivity contribution is 0.573. The number of hydrogen-bond donors (Lipinski definition) is 1. The van der Waals surface area contributed by atoms with E-state index in [0.29, 0.717) is 0 Å². The Morgan fingerprint density at radius 1 is 1.24 bits per heavy atom. The molecule has 2 aromatic rings. The largest absolute Gasteiger partial charge is 0.370 e. The van der Waals surface area contributed by atoms with Crippen LogP contribution in [0.4, 0.5) is 14.6 Å². The number of rotatable bonds is 2. The second kappa shape index (κ2) is 5.47. The van der Waals surface area contributed by atoms with Gasteiger partial charge in [-0.15, -0.1) is 0 Å². The average Bonchev–Trinajstić information content (AvgIpc) is 2.63. The Kier molecular flexibility index (Phi) is 3.66. The first kappa shape index (κ1) is 14.0. The quantitative estimate of drug-likeness (QED) is 0.905. The van der Waals surface area contributed by atoms with Gasteiger partial charge in [-0.1, -0.05) is 13.8 Å². The molecule has 1 N–H and O–H groups in total. The van der Waals surface area contributed by atoms with E-state index in [9.17, 15) is 8.78 Å². The topological polar surface area (TPSA) is 29.9 Å². The highest BCUT2D eigenvalue weighted by Gasteiger charge is 2.23. The Morgan fingerprint density at radius 3 is 2.76 bits per heavy atom. The number of benzene rings is 1. The van der Waals surface area contributed by atoms with Gasteiger partial charge in [-0.25, -0.2) is 13.5 Å². The van der Waals surface area contributed by atoms with Gasteiger partial charge in [0.2, 0.25) is 0 Å². The van der Waals surface area contributed by atoms with Gasteiger partial charge >= 0.3 is 0 Å². The van der Waals surface area contributed by atoms with Crippen LogP contribution < -0.4 is 5.32 Å². The van der Waals surface area contributed by atoms with Gasteiger partial charge < -0.3 is 5.32 Å². The smallest absolute Gasteiger partial charge is 0.151 e. The van der Waals surface area contributed by atoms with Crippen LogP contribution in [0, 0.1) is 11.6 Å². The minimum Gasteiger partial charge on any atom is -0.370 e. The fourth-order valence-corrected chi connectivity index (χ4v) is 2.82. The molecule has 0 aliphatic carbocycles. The molecule has 0 saturated heterocycles. The number of fused-ring (bicyclic) bond motifs is 1. The molecule has 1 aliphatic heterocycles. The molecule has 21 heavy (non-hydrogen) atoms. The number of hydrogen-bond acceptors (Lipinski definition) is 2. The van der Waals surface area contributed by atoms with E-state index < -0.39 is 11.6 Å². The normalized spacial score (nSPS) is 14.7. The molecule has 2 heterocycles. The van der Waals surface area contributed by atoms with E-state index >= 15 is 0 Å². The summed E-state index contributed by atoms with van der Waals surface area (Å²) in [6, 6.07) is 3.60. The number of halogens is 2. The minimum absolute atomic E-state index is 0.267. The van der Waals surface area contributed by atoms with Crippen LogP contribution in [-0.4, -0.2) is 16.3 Å². The summed E-state index contributed by atoms with van der Waals surface area (Å²) in [5.41, 5.74) is 2.43. The highest BCUT2D eigenvalue weighted by molar-refractivity contribution is 5.55. The van der Waals surface area contributed by atoms with Gasteiger partial charge in [-0.05, 0) is 37.3 Å². The predicted octanol–water partition coefficient (Wildman–Crippen LogP) is 4.02. The maximum atomic E-state index is 14.1. The maximum Gasteiger partial charge on any atom is 0.151 e. The molecule has 5 heteroatoms. The Morgan fingerprint density at radius 2 is 2.05 bits per heavy atom. The third kappa shape index (κ3) is 2.52. The predicted molar refractivity (Wildman–Crippen MR) is 79.0 cm³/mol. The maximum absolute atomic E-state index is 14.1. The van der Waals surface area contributed by atoms with Crippen LogP contribution in [-0.2, 0) is 6.42 Å². The minimum atomic E-state index is -0.596. The van der Waals surface area contributed by atoms with Gasteiger partial charge in [0.15, 0.2) is 5.82 Å². The van der Waals surface area contributed by atoms with Crippen molar-refractivity contribution < 1.29 is 8.78 Å². The Balaban J connectivity index is 2.18. The Labute approximate surface area is 123 Å². The van der Waals surface area contributed by atoms with E-state index in [1.807, 2.05) is 0 Å². The van der Waals surface area contributed by atoms with Crippen LogP contribution in [0.25, 0.3) is 5.69 Å². The summed E-state index contributed by atoms with van der Waals surface area (Å²) in [6.45, 7) is 5.01. The van der Waals surface area contributed by atoms with Gasteiger partial charge in [0, 0.05) is 18.2 Å². The molecular formula is C16H19F2N3. The summed E-state index contributed by atoms with van der Waals surface area (Å²) in [4.78, 5) is 0. The Bertz CT molecular complexity index is 662. The molecule has 0 spiro atoms. The first-order valence-electron chi connectivity index (χ1n) is 7.39. The van der Waals surface area contributed by atoms with Crippen LogP contribution in [0.3, 0.4) is 0 Å². The van der Waals surface area contributed by atoms with Gasteiger partial charge in [0.25, 0.3) is 0 Å². The van der Waals surface area contributed by atoms with Gasteiger partial charge in [-0.3, -0.25) is 0 Å². The number of aromatic nitrogens is 2. The van der Waals surface area contributed by atoms with E-state index in [2.05, 4.69) is 24.3 Å². The zero-order chi connectivity index (χ0) is 15.0. The molecule has 0 unspecified atom stereocenters. The third-order valence-corrected chi connectivity index (χ3v) is 3.85. The van der Waals surface area contributed by atoms with E-state index in [0.717, 1.165) is 48.9 Å². The van der Waals surface area contributed by atoms with Crippen molar-refractivity contribution in [2.75, 3.05) is 11.9 Å². The van der Waals surface area contributed by atoms with Gasteiger partial charge in [0.1, 0.15) is 17.3 Å². The molecule has 0 saturated carbocycles. The second-order valence-corrected chi connectivity index (χ2v) is 5.76. The van der Waals surface area contributed by atoms with Crippen molar-refractivity contribution in [2.24, 2.45) is 0 Å². The zero-order valence-electron chi connectivity index (χ0n) is 12.3. The van der Waals surface area contributed by atoms with Gasteiger partial charge in [-0.2, -0.15) is 5.10 Å². The molecule has 0 atom stereocenters. The summed E-state index contributed by atoms with van der Waals surface area (Å²) in [7, 11) is 0. The van der Waals surface area contributed by atoms with Crippen molar-refractivity contribution in [1.29, 1.82) is 0 Å². The number of anilines is 1. The number of nitrogens with one attached hydrogen (secondary N) is 1. The summed E-state index contributed by atoms with van der Waals surface area (Å²) < 4.78 is 28.8. The van der Waals surface area contributed by atoms with Crippen molar-refractivity contribution >= 4 is 5.82 Å². The zero-order valence-corrected chi connectivity index (χ0v) is 12.3. The van der Waals surface area contributed by atoms with E-state index in [-0.39, 0.29) is 11.6 Å². The van der Waals surface area contributed by atoms with Crippen molar-refractivity contribution in [3.05, 3.63) is 41.1 Å². The van der Waals surface area contributed by atoms with Crippen LogP contribution in [0.2, 0.25) is 0 Å². The molecule has 3 rings (SSSR count). The van der Waals surface area contributed by atoms with Crippen LogP contribution in [0.15, 0.2) is 18.2 Å². The number of nitrogens with zero attached hydrogens (tertiary/aromatic N) is 2. The summed E-state index contributed by atoms with van der Waals surface area (Å²) in [5, 5.41) is 7.93. The van der Waals surface area contributed by atoms with Crippen molar-refractivity contribution in [3.8, 4) is 5.69 Å². The molecule has 1 aromatic carbocycles.